The molecule has 0 amide bonds. The second-order valence-corrected chi connectivity index (χ2v) is 3.96. The van der Waals surface area contributed by atoms with Crippen LogP contribution >= 0.6 is 0 Å². The third-order valence-electron chi connectivity index (χ3n) is 2.60. The van der Waals surface area contributed by atoms with Crippen LogP contribution in [0.2, 0.25) is 0 Å². The first-order chi connectivity index (χ1) is 8.75. The van der Waals surface area contributed by atoms with Crippen LogP contribution in [0.25, 0.3) is 0 Å². The highest BCUT2D eigenvalue weighted by atomic mass is 16.4. The van der Waals surface area contributed by atoms with Gasteiger partial charge in [0.05, 0.1) is 0 Å². The zero-order chi connectivity index (χ0) is 12.8. The highest BCUT2D eigenvalue weighted by molar-refractivity contribution is 5.77. The van der Waals surface area contributed by atoms with Crippen LogP contribution in [-0.4, -0.2) is 22.1 Å². The Hall–Kier alpha value is -2.36. The molecule has 1 aromatic carbocycles. The number of benzene rings is 1. The lowest BCUT2D eigenvalue weighted by Crippen LogP contribution is -2.31. The maximum absolute atomic E-state index is 11.2. The van der Waals surface area contributed by atoms with Gasteiger partial charge in [-0.25, -0.2) is 4.79 Å². The van der Waals surface area contributed by atoms with Crippen molar-refractivity contribution in [2.75, 3.05) is 5.32 Å². The molecular weight excluding hydrogens is 228 g/mol. The van der Waals surface area contributed by atoms with E-state index in [1.807, 2.05) is 30.3 Å². The minimum atomic E-state index is -0.865. The Morgan fingerprint density at radius 1 is 1.17 bits per heavy atom. The Morgan fingerprint density at radius 2 is 1.83 bits per heavy atom. The highest BCUT2D eigenvalue weighted by Crippen LogP contribution is 2.10. The molecule has 1 unspecified atom stereocenters. The van der Waals surface area contributed by atoms with Crippen molar-refractivity contribution in [3.8, 4) is 0 Å². The summed E-state index contributed by atoms with van der Waals surface area (Å²) in [4.78, 5) is 15.1. The molecule has 2 rings (SSSR count). The number of carbonyl (C=O) groups is 1. The van der Waals surface area contributed by atoms with Gasteiger partial charge in [-0.1, -0.05) is 30.3 Å². The second kappa shape index (κ2) is 5.82. The Labute approximate surface area is 105 Å². The van der Waals surface area contributed by atoms with Crippen molar-refractivity contribution in [1.29, 1.82) is 0 Å². The summed E-state index contributed by atoms with van der Waals surface area (Å²) < 4.78 is 0. The largest absolute Gasteiger partial charge is 0.480 e. The number of rotatable bonds is 5. The number of nitrogens with zero attached hydrogens (tertiary/aromatic N) is 1. The van der Waals surface area contributed by atoms with Crippen molar-refractivity contribution in [3.63, 3.8) is 0 Å². The molecule has 0 aliphatic heterocycles. The first kappa shape index (κ1) is 12.1. The molecule has 0 aliphatic carbocycles. The van der Waals surface area contributed by atoms with Crippen molar-refractivity contribution >= 4 is 11.7 Å². The third kappa shape index (κ3) is 3.31. The molecule has 0 saturated carbocycles. The molecule has 1 heterocycles. The van der Waals surface area contributed by atoms with Gasteiger partial charge >= 0.3 is 5.97 Å². The van der Waals surface area contributed by atoms with E-state index in [0.717, 1.165) is 11.3 Å². The summed E-state index contributed by atoms with van der Waals surface area (Å²) in [6, 6.07) is 12.4. The van der Waals surface area contributed by atoms with E-state index in [-0.39, 0.29) is 0 Å². The average molecular weight is 242 g/mol. The Kier molecular flexibility index (Phi) is 3.91. The molecule has 92 valence electrons. The fraction of sp³-hybridized carbons (Fsp3) is 0.143. The number of aromatic nitrogens is 1. The number of pyridine rings is 1. The van der Waals surface area contributed by atoms with Crippen LogP contribution in [-0.2, 0) is 11.2 Å². The van der Waals surface area contributed by atoms with Gasteiger partial charge in [0.2, 0.25) is 0 Å². The van der Waals surface area contributed by atoms with Crippen molar-refractivity contribution in [2.24, 2.45) is 0 Å². The molecule has 0 saturated heterocycles. The normalized spacial score (nSPS) is 11.8. The number of aliphatic carboxylic acids is 1. The lowest BCUT2D eigenvalue weighted by Gasteiger charge is -2.15. The van der Waals surface area contributed by atoms with Crippen LogP contribution in [0.3, 0.4) is 0 Å². The van der Waals surface area contributed by atoms with Crippen molar-refractivity contribution in [2.45, 2.75) is 12.5 Å². The van der Waals surface area contributed by atoms with E-state index in [2.05, 4.69) is 10.3 Å². The molecule has 4 heteroatoms. The maximum atomic E-state index is 11.2. The molecular formula is C14H14N2O2. The summed E-state index contributed by atoms with van der Waals surface area (Å²) in [7, 11) is 0. The molecule has 2 N–H and O–H groups in total. The van der Waals surface area contributed by atoms with Gasteiger partial charge in [0, 0.05) is 24.5 Å². The molecule has 18 heavy (non-hydrogen) atoms. The summed E-state index contributed by atoms with van der Waals surface area (Å²) in [5.74, 6) is -0.865. The summed E-state index contributed by atoms with van der Waals surface area (Å²) in [5.41, 5.74) is 1.75. The minimum absolute atomic E-state index is 0.443. The topological polar surface area (TPSA) is 62.2 Å². The smallest absolute Gasteiger partial charge is 0.326 e. The SMILES string of the molecule is O=C(O)C(Cc1ccccc1)Nc1ccncc1. The fourth-order valence-corrected chi connectivity index (χ4v) is 1.70. The van der Waals surface area contributed by atoms with Gasteiger partial charge in [-0.15, -0.1) is 0 Å². The number of nitrogens with one attached hydrogen (secondary N) is 1. The zero-order valence-electron chi connectivity index (χ0n) is 9.78. The van der Waals surface area contributed by atoms with E-state index in [1.165, 1.54) is 0 Å². The number of anilines is 1. The molecule has 0 spiro atoms. The van der Waals surface area contributed by atoms with Crippen molar-refractivity contribution < 1.29 is 9.90 Å². The Bertz CT molecular complexity index is 458. The van der Waals surface area contributed by atoms with E-state index in [9.17, 15) is 9.90 Å². The molecule has 1 aromatic heterocycles. The third-order valence-corrected chi connectivity index (χ3v) is 2.60. The standard InChI is InChI=1S/C14H14N2O2/c17-14(18)13(10-11-4-2-1-3-5-11)16-12-6-8-15-9-7-12/h1-9,13H,10H2,(H,15,16)(H,17,18). The molecule has 4 nitrogen and oxygen atoms in total. The van der Waals surface area contributed by atoms with Gasteiger partial charge in [0.25, 0.3) is 0 Å². The van der Waals surface area contributed by atoms with Crippen LogP contribution in [0.4, 0.5) is 5.69 Å². The van der Waals surface area contributed by atoms with Gasteiger partial charge in [0.15, 0.2) is 0 Å². The van der Waals surface area contributed by atoms with Crippen molar-refractivity contribution in [1.82, 2.24) is 4.98 Å². The average Bonchev–Trinajstić information content (AvgIpc) is 2.40. The quantitative estimate of drug-likeness (QED) is 0.843. The fourth-order valence-electron chi connectivity index (χ4n) is 1.70. The Balaban J connectivity index is 2.08. The number of carboxylic acid groups (broad SMARTS) is 1. The minimum Gasteiger partial charge on any atom is -0.480 e. The van der Waals surface area contributed by atoms with Crippen molar-refractivity contribution in [3.05, 3.63) is 60.4 Å². The van der Waals surface area contributed by atoms with Crippen LogP contribution in [0, 0.1) is 0 Å². The van der Waals surface area contributed by atoms with E-state index >= 15 is 0 Å². The van der Waals surface area contributed by atoms with E-state index in [4.69, 9.17) is 0 Å². The number of hydrogen-bond acceptors (Lipinski definition) is 3. The van der Waals surface area contributed by atoms with E-state index in [0.29, 0.717) is 6.42 Å². The second-order valence-electron chi connectivity index (χ2n) is 3.96. The van der Waals surface area contributed by atoms with Gasteiger partial charge in [0.1, 0.15) is 6.04 Å². The van der Waals surface area contributed by atoms with Crippen LogP contribution < -0.4 is 5.32 Å². The molecule has 0 aliphatic rings. The summed E-state index contributed by atoms with van der Waals surface area (Å²) in [6.45, 7) is 0. The number of carboxylic acids is 1. The lowest BCUT2D eigenvalue weighted by atomic mass is 10.1. The van der Waals surface area contributed by atoms with Crippen LogP contribution in [0.1, 0.15) is 5.56 Å². The van der Waals surface area contributed by atoms with Gasteiger partial charge in [-0.2, -0.15) is 0 Å². The van der Waals surface area contributed by atoms with Gasteiger partial charge in [-0.3, -0.25) is 4.98 Å². The summed E-state index contributed by atoms with van der Waals surface area (Å²) in [5, 5.41) is 12.2. The summed E-state index contributed by atoms with van der Waals surface area (Å²) >= 11 is 0. The predicted octanol–water partition coefficient (Wildman–Crippen LogP) is 2.19. The number of hydrogen-bond donors (Lipinski definition) is 2. The monoisotopic (exact) mass is 242 g/mol. The summed E-state index contributed by atoms with van der Waals surface area (Å²) in [6.07, 6.45) is 3.70. The highest BCUT2D eigenvalue weighted by Gasteiger charge is 2.17. The van der Waals surface area contributed by atoms with E-state index in [1.54, 1.807) is 24.5 Å². The first-order valence-electron chi connectivity index (χ1n) is 5.69. The lowest BCUT2D eigenvalue weighted by molar-refractivity contribution is -0.137. The molecule has 0 radical (unpaired) electrons. The molecule has 0 bridgehead atoms. The van der Waals surface area contributed by atoms with Crippen LogP contribution in [0.5, 0.6) is 0 Å². The van der Waals surface area contributed by atoms with Crippen LogP contribution in [0.15, 0.2) is 54.9 Å². The van der Waals surface area contributed by atoms with Gasteiger partial charge < -0.3 is 10.4 Å². The van der Waals surface area contributed by atoms with E-state index < -0.39 is 12.0 Å². The zero-order valence-corrected chi connectivity index (χ0v) is 9.78. The van der Waals surface area contributed by atoms with Gasteiger partial charge in [-0.05, 0) is 17.7 Å². The Morgan fingerprint density at radius 3 is 2.44 bits per heavy atom. The first-order valence-corrected chi connectivity index (χ1v) is 5.69. The molecule has 0 fully saturated rings. The molecule has 1 atom stereocenters. The predicted molar refractivity (Wildman–Crippen MR) is 69.4 cm³/mol. The molecule has 2 aromatic rings. The maximum Gasteiger partial charge on any atom is 0.326 e.